The lowest BCUT2D eigenvalue weighted by Crippen LogP contribution is -2.12. The molecule has 0 bridgehead atoms. The van der Waals surface area contributed by atoms with Crippen LogP contribution in [0.5, 0.6) is 0 Å². The highest BCUT2D eigenvalue weighted by molar-refractivity contribution is 7.11. The van der Waals surface area contributed by atoms with Crippen LogP contribution in [-0.2, 0) is 35.5 Å². The molecule has 0 aliphatic rings. The number of hydrogen-bond acceptors (Lipinski definition) is 4. The van der Waals surface area contributed by atoms with Crippen LogP contribution in [0, 0.1) is 0 Å². The van der Waals surface area contributed by atoms with Gasteiger partial charge < -0.3 is 10.1 Å². The van der Waals surface area contributed by atoms with E-state index in [-0.39, 0.29) is 5.97 Å². The molecule has 0 aliphatic carbocycles. The zero-order valence-corrected chi connectivity index (χ0v) is 14.0. The molecule has 4 heteroatoms. The summed E-state index contributed by atoms with van der Waals surface area (Å²) in [6.45, 7) is 5.82. The Morgan fingerprint density at radius 2 is 1.91 bits per heavy atom. The second-order valence-electron chi connectivity index (χ2n) is 5.24. The Hall–Kier alpha value is -1.65. The van der Waals surface area contributed by atoms with E-state index in [0.717, 1.165) is 25.9 Å². The lowest BCUT2D eigenvalue weighted by atomic mass is 10.1. The molecule has 0 saturated heterocycles. The number of esters is 1. The van der Waals surface area contributed by atoms with Gasteiger partial charge in [0.25, 0.3) is 0 Å². The minimum Gasteiger partial charge on any atom is -0.466 e. The first-order chi connectivity index (χ1) is 10.7. The van der Waals surface area contributed by atoms with Crippen LogP contribution in [0.25, 0.3) is 0 Å². The number of thiophene rings is 1. The molecule has 1 heterocycles. The van der Waals surface area contributed by atoms with Crippen molar-refractivity contribution in [2.24, 2.45) is 0 Å². The lowest BCUT2D eigenvalue weighted by molar-refractivity contribution is -0.140. The van der Waals surface area contributed by atoms with Crippen LogP contribution in [-0.4, -0.2) is 12.6 Å². The Morgan fingerprint density at radius 1 is 1.14 bits per heavy atom. The summed E-state index contributed by atoms with van der Waals surface area (Å²) in [5, 5.41) is 3.48. The van der Waals surface area contributed by atoms with Crippen molar-refractivity contribution in [3.63, 3.8) is 0 Å². The van der Waals surface area contributed by atoms with E-state index in [1.807, 2.05) is 11.3 Å². The second-order valence-corrected chi connectivity index (χ2v) is 6.49. The van der Waals surface area contributed by atoms with Crippen molar-refractivity contribution in [1.29, 1.82) is 0 Å². The topological polar surface area (TPSA) is 38.3 Å². The number of carbonyl (C=O) groups is 1. The molecule has 2 aromatic rings. The van der Waals surface area contributed by atoms with Crippen LogP contribution in [0.2, 0.25) is 0 Å². The smallest absolute Gasteiger partial charge is 0.302 e. The van der Waals surface area contributed by atoms with Crippen LogP contribution in [0.15, 0.2) is 36.4 Å². The first kappa shape index (κ1) is 16.7. The van der Waals surface area contributed by atoms with Crippen LogP contribution in [0.3, 0.4) is 0 Å². The van der Waals surface area contributed by atoms with Gasteiger partial charge in [0, 0.05) is 36.2 Å². The normalized spacial score (nSPS) is 10.6. The summed E-state index contributed by atoms with van der Waals surface area (Å²) in [5.74, 6) is -0.222. The quantitative estimate of drug-likeness (QED) is 0.754. The molecule has 1 aromatic carbocycles. The van der Waals surface area contributed by atoms with Gasteiger partial charge in [-0.25, -0.2) is 0 Å². The summed E-state index contributed by atoms with van der Waals surface area (Å²) >= 11 is 1.87. The predicted molar refractivity (Wildman–Crippen MR) is 91.0 cm³/mol. The molecule has 3 nitrogen and oxygen atoms in total. The summed E-state index contributed by atoms with van der Waals surface area (Å²) in [6, 6.07) is 12.8. The van der Waals surface area contributed by atoms with Crippen LogP contribution in [0.4, 0.5) is 0 Å². The number of hydrogen-bond donors (Lipinski definition) is 1. The molecule has 0 radical (unpaired) electrons. The zero-order valence-electron chi connectivity index (χ0n) is 13.2. The van der Waals surface area contributed by atoms with E-state index in [1.165, 1.54) is 27.8 Å². The fourth-order valence-corrected chi connectivity index (χ4v) is 3.17. The number of nitrogens with one attached hydrogen (secondary N) is 1. The van der Waals surface area contributed by atoms with Crippen LogP contribution in [0.1, 0.15) is 34.7 Å². The molecule has 0 saturated carbocycles. The van der Waals surface area contributed by atoms with Crippen molar-refractivity contribution in [2.75, 3.05) is 6.61 Å². The van der Waals surface area contributed by atoms with Gasteiger partial charge >= 0.3 is 5.97 Å². The Bertz CT molecular complexity index is 607. The van der Waals surface area contributed by atoms with Crippen LogP contribution < -0.4 is 5.32 Å². The fourth-order valence-electron chi connectivity index (χ4n) is 2.25. The number of ether oxygens (including phenoxy) is 1. The Morgan fingerprint density at radius 3 is 2.64 bits per heavy atom. The van der Waals surface area contributed by atoms with Crippen LogP contribution >= 0.6 is 11.3 Å². The van der Waals surface area contributed by atoms with Gasteiger partial charge in [0.05, 0.1) is 6.61 Å². The summed E-state index contributed by atoms with van der Waals surface area (Å²) in [4.78, 5) is 13.6. The minimum absolute atomic E-state index is 0.222. The van der Waals surface area contributed by atoms with E-state index in [2.05, 4.69) is 48.6 Å². The number of aryl methyl sites for hydroxylation is 1. The molecular weight excluding hydrogens is 294 g/mol. The van der Waals surface area contributed by atoms with Gasteiger partial charge in [0.15, 0.2) is 0 Å². The first-order valence-corrected chi connectivity index (χ1v) is 8.48. The average Bonchev–Trinajstić information content (AvgIpc) is 2.95. The Kier molecular flexibility index (Phi) is 6.62. The maximum Gasteiger partial charge on any atom is 0.302 e. The van der Waals surface area contributed by atoms with Gasteiger partial charge in [-0.05, 0) is 29.7 Å². The maximum atomic E-state index is 10.8. The standard InChI is InChI=1S/C18H23NO2S/c1-3-17-7-8-18(22-17)13-19-12-16-6-4-5-15(11-16)9-10-21-14(2)20/h4-8,11,19H,3,9-10,12-13H2,1-2H3. The SMILES string of the molecule is CCc1ccc(CNCc2cccc(CCOC(C)=O)c2)s1. The van der Waals surface area contributed by atoms with Crippen molar-refractivity contribution >= 4 is 17.3 Å². The Balaban J connectivity index is 1.78. The lowest BCUT2D eigenvalue weighted by Gasteiger charge is -2.07. The molecule has 1 N–H and O–H groups in total. The number of benzene rings is 1. The van der Waals surface area contributed by atoms with Crippen molar-refractivity contribution in [3.05, 3.63) is 57.3 Å². The highest BCUT2D eigenvalue weighted by Crippen LogP contribution is 2.16. The minimum atomic E-state index is -0.222. The Labute approximate surface area is 136 Å². The van der Waals surface area contributed by atoms with Gasteiger partial charge in [0.2, 0.25) is 0 Å². The highest BCUT2D eigenvalue weighted by atomic mass is 32.1. The fraction of sp³-hybridized carbons (Fsp3) is 0.389. The van der Waals surface area contributed by atoms with Gasteiger partial charge in [-0.15, -0.1) is 11.3 Å². The molecule has 0 amide bonds. The molecule has 0 spiro atoms. The molecule has 118 valence electrons. The van der Waals surface area contributed by atoms with E-state index in [0.29, 0.717) is 6.61 Å². The third kappa shape index (κ3) is 5.62. The maximum absolute atomic E-state index is 10.8. The third-order valence-electron chi connectivity index (χ3n) is 3.38. The summed E-state index contributed by atoms with van der Waals surface area (Å²) < 4.78 is 4.98. The van der Waals surface area contributed by atoms with E-state index in [1.54, 1.807) is 0 Å². The molecular formula is C18H23NO2S. The largest absolute Gasteiger partial charge is 0.466 e. The van der Waals surface area contributed by atoms with E-state index in [9.17, 15) is 4.79 Å². The first-order valence-electron chi connectivity index (χ1n) is 7.67. The molecule has 0 aliphatic heterocycles. The predicted octanol–water partition coefficient (Wildman–Crippen LogP) is 3.71. The van der Waals surface area contributed by atoms with Gasteiger partial charge in [-0.3, -0.25) is 4.79 Å². The van der Waals surface area contributed by atoms with Crippen molar-refractivity contribution < 1.29 is 9.53 Å². The molecule has 0 fully saturated rings. The molecule has 0 atom stereocenters. The summed E-state index contributed by atoms with van der Waals surface area (Å²) in [6.07, 6.45) is 1.87. The number of carbonyl (C=O) groups excluding carboxylic acids is 1. The van der Waals surface area contributed by atoms with Crippen molar-refractivity contribution in [1.82, 2.24) is 5.32 Å². The third-order valence-corrected chi connectivity index (χ3v) is 4.61. The van der Waals surface area contributed by atoms with Crippen molar-refractivity contribution in [2.45, 2.75) is 39.8 Å². The molecule has 0 unspecified atom stereocenters. The molecule has 22 heavy (non-hydrogen) atoms. The number of rotatable bonds is 8. The highest BCUT2D eigenvalue weighted by Gasteiger charge is 2.01. The van der Waals surface area contributed by atoms with E-state index in [4.69, 9.17) is 4.74 Å². The summed E-state index contributed by atoms with van der Waals surface area (Å²) in [5.41, 5.74) is 2.46. The van der Waals surface area contributed by atoms with Gasteiger partial charge in [0.1, 0.15) is 0 Å². The molecule has 1 aromatic heterocycles. The second kappa shape index (κ2) is 8.71. The monoisotopic (exact) mass is 317 g/mol. The van der Waals surface area contributed by atoms with E-state index >= 15 is 0 Å². The van der Waals surface area contributed by atoms with Gasteiger partial charge in [-0.2, -0.15) is 0 Å². The molecule has 2 rings (SSSR count). The zero-order chi connectivity index (χ0) is 15.8. The summed E-state index contributed by atoms with van der Waals surface area (Å²) in [7, 11) is 0. The van der Waals surface area contributed by atoms with Gasteiger partial charge in [-0.1, -0.05) is 31.2 Å². The van der Waals surface area contributed by atoms with E-state index < -0.39 is 0 Å². The van der Waals surface area contributed by atoms with Crippen molar-refractivity contribution in [3.8, 4) is 0 Å². The average molecular weight is 317 g/mol.